The summed E-state index contributed by atoms with van der Waals surface area (Å²) in [5, 5.41) is 3.00. The number of hydrogen-bond acceptors (Lipinski definition) is 2. The number of nitrogens with zero attached hydrogens (tertiary/aromatic N) is 2. The van der Waals surface area contributed by atoms with Gasteiger partial charge >= 0.3 is 0 Å². The van der Waals surface area contributed by atoms with E-state index in [1.54, 1.807) is 12.1 Å². The molecule has 0 atom stereocenters. The Balaban J connectivity index is 2.33. The van der Waals surface area contributed by atoms with Crippen LogP contribution in [0.5, 0.6) is 0 Å². The van der Waals surface area contributed by atoms with Gasteiger partial charge in [-0.25, -0.2) is 9.37 Å². The van der Waals surface area contributed by atoms with Gasteiger partial charge in [0.1, 0.15) is 5.82 Å². The standard InChI is InChI=1S/C12H13BrFN3/c1-3-17-7-8(2)15-12(17)16-11-6-9(13)4-5-10(11)14/h4-7H,3H2,1-2H3,(H,15,16). The SMILES string of the molecule is CCn1cc(C)nc1Nc1cc(Br)ccc1F. The van der Waals surface area contributed by atoms with Gasteiger partial charge in [0.05, 0.1) is 11.4 Å². The van der Waals surface area contributed by atoms with Gasteiger partial charge in [-0.1, -0.05) is 15.9 Å². The molecule has 5 heteroatoms. The number of nitrogens with one attached hydrogen (secondary N) is 1. The van der Waals surface area contributed by atoms with Crippen molar-refractivity contribution in [1.82, 2.24) is 9.55 Å². The minimum absolute atomic E-state index is 0.295. The highest BCUT2D eigenvalue weighted by atomic mass is 79.9. The van der Waals surface area contributed by atoms with E-state index in [1.165, 1.54) is 6.07 Å². The fraction of sp³-hybridized carbons (Fsp3) is 0.250. The van der Waals surface area contributed by atoms with Crippen LogP contribution < -0.4 is 5.32 Å². The first-order valence-electron chi connectivity index (χ1n) is 5.36. The van der Waals surface area contributed by atoms with E-state index in [1.807, 2.05) is 24.6 Å². The van der Waals surface area contributed by atoms with Crippen LogP contribution in [0.4, 0.5) is 16.0 Å². The van der Waals surface area contributed by atoms with E-state index in [-0.39, 0.29) is 5.82 Å². The molecule has 2 aromatic rings. The molecule has 0 bridgehead atoms. The van der Waals surface area contributed by atoms with Crippen molar-refractivity contribution >= 4 is 27.6 Å². The van der Waals surface area contributed by atoms with E-state index in [0.717, 1.165) is 16.7 Å². The molecule has 3 nitrogen and oxygen atoms in total. The van der Waals surface area contributed by atoms with Crippen molar-refractivity contribution in [2.75, 3.05) is 5.32 Å². The first-order valence-corrected chi connectivity index (χ1v) is 6.15. The Kier molecular flexibility index (Phi) is 3.47. The van der Waals surface area contributed by atoms with Crippen molar-refractivity contribution < 1.29 is 4.39 Å². The highest BCUT2D eigenvalue weighted by Crippen LogP contribution is 2.23. The number of aryl methyl sites for hydroxylation is 2. The number of benzene rings is 1. The summed E-state index contributed by atoms with van der Waals surface area (Å²) >= 11 is 3.32. The molecule has 17 heavy (non-hydrogen) atoms. The first kappa shape index (κ1) is 12.1. The van der Waals surface area contributed by atoms with Crippen LogP contribution in [0.25, 0.3) is 0 Å². The number of rotatable bonds is 3. The van der Waals surface area contributed by atoms with E-state index in [0.29, 0.717) is 11.6 Å². The third-order valence-corrected chi connectivity index (χ3v) is 2.91. The number of imidazole rings is 1. The highest BCUT2D eigenvalue weighted by Gasteiger charge is 2.08. The van der Waals surface area contributed by atoms with Gasteiger partial charge in [-0.15, -0.1) is 0 Å². The Hall–Kier alpha value is -1.36. The number of anilines is 2. The third kappa shape index (κ3) is 2.66. The molecule has 0 saturated heterocycles. The van der Waals surface area contributed by atoms with Crippen LogP contribution in [0.2, 0.25) is 0 Å². The van der Waals surface area contributed by atoms with Gasteiger partial charge in [0.25, 0.3) is 0 Å². The van der Waals surface area contributed by atoms with Crippen LogP contribution in [0.3, 0.4) is 0 Å². The molecule has 0 aliphatic carbocycles. The van der Waals surface area contributed by atoms with Crippen molar-refractivity contribution in [1.29, 1.82) is 0 Å². The van der Waals surface area contributed by atoms with Crippen LogP contribution >= 0.6 is 15.9 Å². The van der Waals surface area contributed by atoms with Gasteiger partial charge in [0.2, 0.25) is 5.95 Å². The van der Waals surface area contributed by atoms with Crippen LogP contribution in [0.15, 0.2) is 28.9 Å². The summed E-state index contributed by atoms with van der Waals surface area (Å²) in [6.45, 7) is 4.72. The summed E-state index contributed by atoms with van der Waals surface area (Å²) in [5.41, 5.74) is 1.32. The Morgan fingerprint density at radius 3 is 2.94 bits per heavy atom. The topological polar surface area (TPSA) is 29.9 Å². The average molecular weight is 298 g/mol. The molecule has 1 N–H and O–H groups in total. The third-order valence-electron chi connectivity index (χ3n) is 2.41. The summed E-state index contributed by atoms with van der Waals surface area (Å²) in [6.07, 6.45) is 1.93. The zero-order valence-electron chi connectivity index (χ0n) is 9.67. The molecular weight excluding hydrogens is 285 g/mol. The maximum Gasteiger partial charge on any atom is 0.207 e. The molecule has 2 rings (SSSR count). The van der Waals surface area contributed by atoms with E-state index in [2.05, 4.69) is 26.2 Å². The molecular formula is C12H13BrFN3. The predicted molar refractivity (Wildman–Crippen MR) is 70.0 cm³/mol. The minimum atomic E-state index is -0.295. The molecule has 0 saturated carbocycles. The number of halogens is 2. The van der Waals surface area contributed by atoms with Crippen LogP contribution in [0.1, 0.15) is 12.6 Å². The van der Waals surface area contributed by atoms with Gasteiger partial charge in [-0.2, -0.15) is 0 Å². The average Bonchev–Trinajstić information content (AvgIpc) is 2.64. The maximum atomic E-state index is 13.6. The molecule has 0 radical (unpaired) electrons. The monoisotopic (exact) mass is 297 g/mol. The van der Waals surface area contributed by atoms with Crippen molar-refractivity contribution in [3.05, 3.63) is 40.4 Å². The lowest BCUT2D eigenvalue weighted by molar-refractivity contribution is 0.630. The Bertz CT molecular complexity index is 537. The predicted octanol–water partition coefficient (Wildman–Crippen LogP) is 3.86. The number of aromatic nitrogens is 2. The largest absolute Gasteiger partial charge is 0.323 e. The lowest BCUT2D eigenvalue weighted by Gasteiger charge is -2.08. The minimum Gasteiger partial charge on any atom is -0.323 e. The first-order chi connectivity index (χ1) is 8.10. The van der Waals surface area contributed by atoms with E-state index < -0.39 is 0 Å². The summed E-state index contributed by atoms with van der Waals surface area (Å²) in [4.78, 5) is 4.32. The molecule has 90 valence electrons. The Morgan fingerprint density at radius 2 is 2.24 bits per heavy atom. The molecule has 0 spiro atoms. The lowest BCUT2D eigenvalue weighted by atomic mass is 10.3. The zero-order chi connectivity index (χ0) is 12.4. The van der Waals surface area contributed by atoms with Crippen LogP contribution in [-0.4, -0.2) is 9.55 Å². The second kappa shape index (κ2) is 4.87. The van der Waals surface area contributed by atoms with Gasteiger partial charge in [-0.05, 0) is 32.0 Å². The number of hydrogen-bond donors (Lipinski definition) is 1. The fourth-order valence-corrected chi connectivity index (χ4v) is 1.96. The van der Waals surface area contributed by atoms with Crippen LogP contribution in [-0.2, 0) is 6.54 Å². The van der Waals surface area contributed by atoms with Gasteiger partial charge in [0.15, 0.2) is 0 Å². The molecule has 1 heterocycles. The summed E-state index contributed by atoms with van der Waals surface area (Å²) in [7, 11) is 0. The normalized spacial score (nSPS) is 10.6. The molecule has 1 aromatic heterocycles. The summed E-state index contributed by atoms with van der Waals surface area (Å²) in [6, 6.07) is 4.77. The zero-order valence-corrected chi connectivity index (χ0v) is 11.3. The van der Waals surface area contributed by atoms with E-state index in [9.17, 15) is 4.39 Å². The maximum absolute atomic E-state index is 13.6. The van der Waals surface area contributed by atoms with Crippen LogP contribution in [0, 0.1) is 12.7 Å². The molecule has 1 aromatic carbocycles. The molecule has 0 aliphatic heterocycles. The van der Waals surface area contributed by atoms with Crippen molar-refractivity contribution in [3.8, 4) is 0 Å². The lowest BCUT2D eigenvalue weighted by Crippen LogP contribution is -2.02. The summed E-state index contributed by atoms with van der Waals surface area (Å²) < 4.78 is 16.3. The Labute approximate surface area is 108 Å². The summed E-state index contributed by atoms with van der Waals surface area (Å²) in [5.74, 6) is 0.360. The van der Waals surface area contributed by atoms with Crippen molar-refractivity contribution in [3.63, 3.8) is 0 Å². The smallest absolute Gasteiger partial charge is 0.207 e. The second-order valence-electron chi connectivity index (χ2n) is 3.74. The van der Waals surface area contributed by atoms with Crippen molar-refractivity contribution in [2.24, 2.45) is 0 Å². The highest BCUT2D eigenvalue weighted by molar-refractivity contribution is 9.10. The van der Waals surface area contributed by atoms with Gasteiger partial charge in [0, 0.05) is 17.2 Å². The van der Waals surface area contributed by atoms with Gasteiger partial charge in [-0.3, -0.25) is 0 Å². The molecule has 0 aliphatic rings. The molecule has 0 unspecified atom stereocenters. The van der Waals surface area contributed by atoms with E-state index >= 15 is 0 Å². The fourth-order valence-electron chi connectivity index (χ4n) is 1.60. The molecule has 0 fully saturated rings. The Morgan fingerprint density at radius 1 is 1.47 bits per heavy atom. The van der Waals surface area contributed by atoms with Gasteiger partial charge < -0.3 is 9.88 Å². The second-order valence-corrected chi connectivity index (χ2v) is 4.66. The van der Waals surface area contributed by atoms with E-state index in [4.69, 9.17) is 0 Å². The molecule has 0 amide bonds. The van der Waals surface area contributed by atoms with Crippen molar-refractivity contribution in [2.45, 2.75) is 20.4 Å². The quantitative estimate of drug-likeness (QED) is 0.932.